The first-order valence-electron chi connectivity index (χ1n) is 8.23. The van der Waals surface area contributed by atoms with Crippen molar-refractivity contribution in [2.24, 2.45) is 11.7 Å². The van der Waals surface area contributed by atoms with Gasteiger partial charge in [-0.05, 0) is 51.3 Å². The van der Waals surface area contributed by atoms with Crippen LogP contribution in [0.3, 0.4) is 0 Å². The summed E-state index contributed by atoms with van der Waals surface area (Å²) in [4.78, 5) is 3.91. The van der Waals surface area contributed by atoms with Crippen molar-refractivity contribution in [3.05, 3.63) is 48.0 Å². The number of rotatable bonds is 3. The first-order valence-corrected chi connectivity index (χ1v) is 8.23. The lowest BCUT2D eigenvalue weighted by Crippen LogP contribution is -2.17. The highest BCUT2D eigenvalue weighted by Gasteiger charge is 2.17. The molecule has 1 aromatic carbocycles. The summed E-state index contributed by atoms with van der Waals surface area (Å²) in [6.45, 7) is 5.86. The molecule has 1 aliphatic carbocycles. The average Bonchev–Trinajstić information content (AvgIpc) is 3.20. The van der Waals surface area contributed by atoms with Crippen molar-refractivity contribution in [2.75, 3.05) is 0 Å². The van der Waals surface area contributed by atoms with Gasteiger partial charge in [0.2, 0.25) is 0 Å². The number of hydrogen-bond acceptors (Lipinski definition) is 4. The van der Waals surface area contributed by atoms with Gasteiger partial charge in [-0.1, -0.05) is 24.0 Å². The molecule has 1 aromatic heterocycles. The summed E-state index contributed by atoms with van der Waals surface area (Å²) >= 11 is 0. The van der Waals surface area contributed by atoms with Gasteiger partial charge in [0.05, 0.1) is 12.1 Å². The Hall–Kier alpha value is -2.16. The van der Waals surface area contributed by atoms with Crippen LogP contribution < -0.4 is 5.73 Å². The second kappa shape index (κ2) is 8.09. The Labute approximate surface area is 143 Å². The van der Waals surface area contributed by atoms with E-state index in [1.54, 1.807) is 31.8 Å². The molecule has 1 unspecified atom stereocenters. The second-order valence-electron chi connectivity index (χ2n) is 7.06. The minimum absolute atomic E-state index is 0.0767. The van der Waals surface area contributed by atoms with E-state index in [2.05, 4.69) is 21.9 Å². The molecule has 1 fully saturated rings. The van der Waals surface area contributed by atoms with Gasteiger partial charge in [-0.2, -0.15) is 5.10 Å². The zero-order chi connectivity index (χ0) is 17.6. The first-order chi connectivity index (χ1) is 11.3. The van der Waals surface area contributed by atoms with E-state index < -0.39 is 5.60 Å². The molecule has 1 saturated carbocycles. The summed E-state index contributed by atoms with van der Waals surface area (Å²) in [5.74, 6) is 7.09. The summed E-state index contributed by atoms with van der Waals surface area (Å²) in [5.41, 5.74) is 7.79. The fourth-order valence-corrected chi connectivity index (χ4v) is 1.86. The summed E-state index contributed by atoms with van der Waals surface area (Å²) in [5, 5.41) is 12.6. The molecule has 3 N–H and O–H groups in total. The molecule has 3 rings (SSSR count). The first kappa shape index (κ1) is 18.2. The van der Waals surface area contributed by atoms with E-state index in [0.29, 0.717) is 12.5 Å². The second-order valence-corrected chi connectivity index (χ2v) is 7.06. The maximum Gasteiger partial charge on any atom is 0.137 e. The Morgan fingerprint density at radius 2 is 1.92 bits per heavy atom. The Bertz CT molecular complexity index is 665. The number of hydrogen-bond donors (Lipinski definition) is 2. The molecule has 0 amide bonds. The van der Waals surface area contributed by atoms with Gasteiger partial charge in [-0.3, -0.25) is 4.68 Å². The summed E-state index contributed by atoms with van der Waals surface area (Å²) in [7, 11) is 0. The normalized spacial score (nSPS) is 14.9. The highest BCUT2D eigenvalue weighted by Crippen LogP contribution is 2.27. The van der Waals surface area contributed by atoms with Gasteiger partial charge in [0.15, 0.2) is 0 Å². The van der Waals surface area contributed by atoms with Gasteiger partial charge in [0.25, 0.3) is 0 Å². The van der Waals surface area contributed by atoms with Crippen LogP contribution in [0.25, 0.3) is 0 Å². The van der Waals surface area contributed by atoms with Gasteiger partial charge in [-0.15, -0.1) is 0 Å². The number of nitrogens with two attached hydrogens (primary N) is 1. The van der Waals surface area contributed by atoms with E-state index in [4.69, 9.17) is 10.8 Å². The van der Waals surface area contributed by atoms with Crippen molar-refractivity contribution in [1.82, 2.24) is 14.8 Å². The molecule has 0 aliphatic heterocycles. The highest BCUT2D eigenvalue weighted by atomic mass is 16.3. The van der Waals surface area contributed by atoms with E-state index in [-0.39, 0.29) is 6.04 Å². The topological polar surface area (TPSA) is 77.0 Å². The molecule has 5 heteroatoms. The standard InChI is InChI=1S/C15H16N4.C4H10O/c16-15(9-19-11-17-10-18-19)14-7-5-13(6-8-14)4-3-12-1-2-12;1-4(2,3)5/h5-8,10-12,15H,1-2,9,16H2;5H,1-3H3. The fraction of sp³-hybridized carbons (Fsp3) is 0.474. The summed E-state index contributed by atoms with van der Waals surface area (Å²) in [6, 6.07) is 8.07. The number of aromatic nitrogens is 3. The van der Waals surface area contributed by atoms with E-state index >= 15 is 0 Å². The lowest BCUT2D eigenvalue weighted by atomic mass is 10.1. The molecule has 1 heterocycles. The van der Waals surface area contributed by atoms with Crippen LogP contribution in [0.4, 0.5) is 0 Å². The predicted molar refractivity (Wildman–Crippen MR) is 95.0 cm³/mol. The van der Waals surface area contributed by atoms with Gasteiger partial charge in [0.1, 0.15) is 12.7 Å². The third-order valence-corrected chi connectivity index (χ3v) is 3.19. The number of aliphatic hydroxyl groups is 1. The van der Waals surface area contributed by atoms with Crippen LogP contribution in [-0.2, 0) is 6.54 Å². The van der Waals surface area contributed by atoms with Crippen molar-refractivity contribution in [3.8, 4) is 11.8 Å². The molecular weight excluding hydrogens is 300 g/mol. The van der Waals surface area contributed by atoms with Crippen LogP contribution in [0.15, 0.2) is 36.9 Å². The van der Waals surface area contributed by atoms with Crippen molar-refractivity contribution in [1.29, 1.82) is 0 Å². The summed E-state index contributed by atoms with van der Waals surface area (Å²) < 4.78 is 1.74. The van der Waals surface area contributed by atoms with E-state index in [9.17, 15) is 0 Å². The molecule has 0 radical (unpaired) electrons. The van der Waals surface area contributed by atoms with Crippen LogP contribution in [0.2, 0.25) is 0 Å². The SMILES string of the molecule is CC(C)(C)O.NC(Cn1cncn1)c1ccc(C#CC2CC2)cc1. The Morgan fingerprint density at radius 3 is 2.42 bits per heavy atom. The van der Waals surface area contributed by atoms with E-state index in [1.807, 2.05) is 24.3 Å². The van der Waals surface area contributed by atoms with Crippen LogP contribution >= 0.6 is 0 Å². The Kier molecular flexibility index (Phi) is 6.13. The van der Waals surface area contributed by atoms with Gasteiger partial charge in [0, 0.05) is 17.5 Å². The quantitative estimate of drug-likeness (QED) is 0.850. The van der Waals surface area contributed by atoms with Gasteiger partial charge < -0.3 is 10.8 Å². The smallest absolute Gasteiger partial charge is 0.137 e. The molecule has 1 aliphatic rings. The largest absolute Gasteiger partial charge is 0.391 e. The molecule has 0 saturated heterocycles. The van der Waals surface area contributed by atoms with E-state index in [1.165, 1.54) is 19.2 Å². The maximum atomic E-state index is 8.52. The Morgan fingerprint density at radius 1 is 1.29 bits per heavy atom. The zero-order valence-corrected chi connectivity index (χ0v) is 14.6. The van der Waals surface area contributed by atoms with Crippen LogP contribution in [0.5, 0.6) is 0 Å². The van der Waals surface area contributed by atoms with Crippen molar-refractivity contribution in [3.63, 3.8) is 0 Å². The minimum Gasteiger partial charge on any atom is -0.391 e. The molecule has 5 nitrogen and oxygen atoms in total. The van der Waals surface area contributed by atoms with Crippen molar-refractivity contribution in [2.45, 2.75) is 51.8 Å². The number of nitrogens with zero attached hydrogens (tertiary/aromatic N) is 3. The van der Waals surface area contributed by atoms with Crippen molar-refractivity contribution < 1.29 is 5.11 Å². The Balaban J connectivity index is 0.000000368. The molecule has 128 valence electrons. The monoisotopic (exact) mass is 326 g/mol. The molecule has 24 heavy (non-hydrogen) atoms. The molecule has 0 spiro atoms. The lowest BCUT2D eigenvalue weighted by Gasteiger charge is -2.11. The number of benzene rings is 1. The third-order valence-electron chi connectivity index (χ3n) is 3.19. The molecule has 1 atom stereocenters. The molecule has 0 bridgehead atoms. The maximum absolute atomic E-state index is 8.52. The fourth-order valence-electron chi connectivity index (χ4n) is 1.86. The van der Waals surface area contributed by atoms with Crippen LogP contribution in [0, 0.1) is 17.8 Å². The zero-order valence-electron chi connectivity index (χ0n) is 14.6. The van der Waals surface area contributed by atoms with Crippen molar-refractivity contribution >= 4 is 0 Å². The van der Waals surface area contributed by atoms with Crippen LogP contribution in [0.1, 0.15) is 50.8 Å². The van der Waals surface area contributed by atoms with Gasteiger partial charge >= 0.3 is 0 Å². The van der Waals surface area contributed by atoms with Crippen LogP contribution in [-0.4, -0.2) is 25.5 Å². The lowest BCUT2D eigenvalue weighted by molar-refractivity contribution is 0.102. The van der Waals surface area contributed by atoms with Gasteiger partial charge in [-0.25, -0.2) is 4.98 Å². The highest BCUT2D eigenvalue weighted by molar-refractivity contribution is 5.37. The average molecular weight is 326 g/mol. The van der Waals surface area contributed by atoms with E-state index in [0.717, 1.165) is 11.1 Å². The molecule has 2 aromatic rings. The third kappa shape index (κ3) is 7.40. The molecular formula is C19H26N4O. The summed E-state index contributed by atoms with van der Waals surface area (Å²) in [6.07, 6.45) is 5.71. The minimum atomic E-state index is -0.500. The predicted octanol–water partition coefficient (Wildman–Crippen LogP) is 2.52.